The van der Waals surface area contributed by atoms with E-state index in [0.717, 1.165) is 116 Å². The molecule has 0 fully saturated rings. The maximum Gasteiger partial charge on any atom is 0.143 e. The summed E-state index contributed by atoms with van der Waals surface area (Å²) in [6, 6.07) is 89.7. The molecule has 12 aromatic carbocycles. The highest BCUT2D eigenvalue weighted by atomic mass is 16.3. The van der Waals surface area contributed by atoms with Gasteiger partial charge in [-0.15, -0.1) is 0 Å². The molecule has 69 heavy (non-hydrogen) atoms. The summed E-state index contributed by atoms with van der Waals surface area (Å²) in [6.45, 7) is 0. The van der Waals surface area contributed by atoms with Crippen LogP contribution in [-0.2, 0) is 0 Å². The van der Waals surface area contributed by atoms with E-state index in [0.29, 0.717) is 0 Å². The highest BCUT2D eigenvalue weighted by Crippen LogP contribution is 2.46. The van der Waals surface area contributed by atoms with E-state index in [1.54, 1.807) is 0 Å². The van der Waals surface area contributed by atoms with Crippen LogP contribution in [0.5, 0.6) is 0 Å². The predicted molar refractivity (Wildman–Crippen MR) is 292 cm³/mol. The first-order valence-electron chi connectivity index (χ1n) is 23.6. The lowest BCUT2D eigenvalue weighted by Crippen LogP contribution is -2.11. The van der Waals surface area contributed by atoms with Gasteiger partial charge in [0.2, 0.25) is 0 Å². The quantitative estimate of drug-likeness (QED) is 0.172. The molecule has 0 amide bonds. The van der Waals surface area contributed by atoms with Crippen molar-refractivity contribution < 1.29 is 8.83 Å². The Kier molecular flexibility index (Phi) is 8.90. The average molecular weight is 880 g/mol. The number of rotatable bonds is 5. The summed E-state index contributed by atoms with van der Waals surface area (Å²) in [6.07, 6.45) is 0. The van der Waals surface area contributed by atoms with Crippen LogP contribution in [0.3, 0.4) is 0 Å². The summed E-state index contributed by atoms with van der Waals surface area (Å²) in [7, 11) is 0. The predicted octanol–water partition coefficient (Wildman–Crippen LogP) is 19.2. The van der Waals surface area contributed by atoms with E-state index < -0.39 is 0 Å². The molecule has 3 heteroatoms. The van der Waals surface area contributed by atoms with Crippen molar-refractivity contribution in [3.05, 3.63) is 249 Å². The van der Waals surface area contributed by atoms with Gasteiger partial charge in [0, 0.05) is 49.4 Å². The minimum absolute atomic E-state index is 0.879. The highest BCUT2D eigenvalue weighted by molar-refractivity contribution is 6.31. The summed E-state index contributed by atoms with van der Waals surface area (Å²) in [5.74, 6) is 0. The van der Waals surface area contributed by atoms with Crippen LogP contribution in [0, 0.1) is 0 Å². The number of anilines is 3. The van der Waals surface area contributed by atoms with Crippen molar-refractivity contribution in [2.24, 2.45) is 0 Å². The van der Waals surface area contributed by atoms with Crippen LogP contribution < -0.4 is 4.90 Å². The van der Waals surface area contributed by atoms with Gasteiger partial charge in [0.15, 0.2) is 0 Å². The molecular weight excluding hydrogens is 839 g/mol. The van der Waals surface area contributed by atoms with Crippen LogP contribution in [0.15, 0.2) is 258 Å². The van der Waals surface area contributed by atoms with E-state index in [-0.39, 0.29) is 0 Å². The minimum Gasteiger partial charge on any atom is -0.455 e. The van der Waals surface area contributed by atoms with Gasteiger partial charge in [-0.1, -0.05) is 200 Å². The molecule has 0 spiro atoms. The van der Waals surface area contributed by atoms with E-state index in [1.165, 1.54) is 21.5 Å². The standard InChI is InChI=1S/C66H41NO2/c1-2-17-42(18-3-1)46-19-10-13-30-61(46)67(44-35-33-43(34-36-44)47-28-16-29-58-54-25-11-14-31-62(54)68-65(47)58)45-37-38-53-57-39-40-59-55-26-12-15-32-63(55)69-66(59)64(57)56-27-9-8-23-51(56)49-21-5-4-20-48(49)50-22-6-7-24-52(50)60(53)41-45/h1-41H. The monoisotopic (exact) mass is 879 g/mol. The largest absolute Gasteiger partial charge is 0.455 e. The molecule has 0 saturated heterocycles. The molecule has 0 unspecified atom stereocenters. The van der Waals surface area contributed by atoms with Crippen molar-refractivity contribution in [1.82, 2.24) is 0 Å². The van der Waals surface area contributed by atoms with Crippen LogP contribution in [0.4, 0.5) is 17.1 Å². The Bertz CT molecular complexity index is 4430. The van der Waals surface area contributed by atoms with Crippen LogP contribution >= 0.6 is 0 Å². The number of furan rings is 2. The molecule has 0 N–H and O–H groups in total. The Morgan fingerprint density at radius 3 is 1.35 bits per heavy atom. The Morgan fingerprint density at radius 1 is 0.246 bits per heavy atom. The molecule has 0 aliphatic heterocycles. The number of benzene rings is 11. The molecule has 0 bridgehead atoms. The average Bonchev–Trinajstić information content (AvgIpc) is 4.00. The van der Waals surface area contributed by atoms with Crippen molar-refractivity contribution in [3.8, 4) is 22.3 Å². The first-order valence-corrected chi connectivity index (χ1v) is 23.6. The maximum atomic E-state index is 6.95. The van der Waals surface area contributed by atoms with Gasteiger partial charge in [0.1, 0.15) is 22.3 Å². The zero-order chi connectivity index (χ0) is 45.4. The summed E-state index contributed by atoms with van der Waals surface area (Å²) in [5.41, 5.74) is 11.1. The fourth-order valence-corrected chi connectivity index (χ4v) is 11.0. The summed E-state index contributed by atoms with van der Waals surface area (Å²) < 4.78 is 13.5. The Labute approximate surface area is 397 Å². The SMILES string of the molecule is c1ccc(-c2ccccc2N(c2ccc(-c3cccc4c3oc3ccccc34)cc2)c2ccc3c(c2)c2ccccc2c2ccccc2c2ccccc2c2c3ccc3c4ccccc4oc32)cc1. The number of nitrogens with zero attached hydrogens (tertiary/aromatic N) is 1. The second-order valence-corrected chi connectivity index (χ2v) is 17.9. The molecule has 2 heterocycles. The fourth-order valence-electron chi connectivity index (χ4n) is 11.0. The van der Waals surface area contributed by atoms with E-state index in [4.69, 9.17) is 8.83 Å². The molecule has 0 radical (unpaired) electrons. The molecular formula is C66H41NO2. The lowest BCUT2D eigenvalue weighted by Gasteiger charge is -2.28. The number of hydrogen-bond acceptors (Lipinski definition) is 3. The first-order chi connectivity index (χ1) is 34.2. The molecule has 14 rings (SSSR count). The molecule has 2 aromatic heterocycles. The van der Waals surface area contributed by atoms with Crippen molar-refractivity contribution >= 4 is 115 Å². The van der Waals surface area contributed by atoms with Gasteiger partial charge in [0.25, 0.3) is 0 Å². The van der Waals surface area contributed by atoms with Crippen molar-refractivity contribution in [2.75, 3.05) is 4.90 Å². The molecule has 3 nitrogen and oxygen atoms in total. The number of para-hydroxylation sites is 4. The van der Waals surface area contributed by atoms with Gasteiger partial charge in [-0.3, -0.25) is 0 Å². The van der Waals surface area contributed by atoms with Crippen LogP contribution in [0.2, 0.25) is 0 Å². The highest BCUT2D eigenvalue weighted by Gasteiger charge is 2.21. The molecule has 0 saturated carbocycles. The van der Waals surface area contributed by atoms with Crippen molar-refractivity contribution in [3.63, 3.8) is 0 Å². The summed E-state index contributed by atoms with van der Waals surface area (Å²) in [4.78, 5) is 2.42. The normalized spacial score (nSPS) is 11.8. The molecule has 0 aliphatic carbocycles. The minimum atomic E-state index is 0.879. The van der Waals surface area contributed by atoms with E-state index >= 15 is 0 Å². The molecule has 0 atom stereocenters. The zero-order valence-electron chi connectivity index (χ0n) is 37.4. The lowest BCUT2D eigenvalue weighted by molar-refractivity contribution is 0.670. The van der Waals surface area contributed by atoms with Crippen molar-refractivity contribution in [1.29, 1.82) is 0 Å². The topological polar surface area (TPSA) is 29.5 Å². The summed E-state index contributed by atoms with van der Waals surface area (Å²) >= 11 is 0. The van der Waals surface area contributed by atoms with E-state index in [2.05, 4.69) is 241 Å². The third-order valence-electron chi connectivity index (χ3n) is 14.1. The van der Waals surface area contributed by atoms with Crippen LogP contribution in [-0.4, -0.2) is 0 Å². The third kappa shape index (κ3) is 6.21. The summed E-state index contributed by atoms with van der Waals surface area (Å²) in [5, 5.41) is 15.9. The van der Waals surface area contributed by atoms with Crippen LogP contribution in [0.1, 0.15) is 0 Å². The van der Waals surface area contributed by atoms with Gasteiger partial charge in [-0.05, 0) is 108 Å². The number of fused-ring (bicyclic) bond motifs is 17. The van der Waals surface area contributed by atoms with E-state index in [1.807, 2.05) is 12.1 Å². The molecule has 14 aromatic rings. The van der Waals surface area contributed by atoms with Gasteiger partial charge in [-0.2, -0.15) is 0 Å². The van der Waals surface area contributed by atoms with Crippen LogP contribution in [0.25, 0.3) is 120 Å². The van der Waals surface area contributed by atoms with Gasteiger partial charge in [-0.25, -0.2) is 0 Å². The lowest BCUT2D eigenvalue weighted by atomic mass is 9.93. The second-order valence-electron chi connectivity index (χ2n) is 17.9. The molecule has 322 valence electrons. The van der Waals surface area contributed by atoms with E-state index in [9.17, 15) is 0 Å². The fraction of sp³-hybridized carbons (Fsp3) is 0. The Morgan fingerprint density at radius 2 is 0.667 bits per heavy atom. The Hall–Kier alpha value is -9.18. The third-order valence-corrected chi connectivity index (χ3v) is 14.1. The zero-order valence-corrected chi connectivity index (χ0v) is 37.4. The second kappa shape index (κ2) is 15.7. The van der Waals surface area contributed by atoms with Gasteiger partial charge in [0.05, 0.1) is 5.69 Å². The molecule has 0 aliphatic rings. The van der Waals surface area contributed by atoms with Gasteiger partial charge >= 0.3 is 0 Å². The van der Waals surface area contributed by atoms with Gasteiger partial charge < -0.3 is 13.7 Å². The van der Waals surface area contributed by atoms with Crippen molar-refractivity contribution in [2.45, 2.75) is 0 Å². The Balaban J connectivity index is 1.09. The maximum absolute atomic E-state index is 6.95. The first kappa shape index (κ1) is 39.0. The smallest absolute Gasteiger partial charge is 0.143 e. The number of hydrogen-bond donors (Lipinski definition) is 0.